The van der Waals surface area contributed by atoms with Crippen molar-refractivity contribution in [2.24, 2.45) is 0 Å². The van der Waals surface area contributed by atoms with Crippen LogP contribution in [0.5, 0.6) is 5.75 Å². The van der Waals surface area contributed by atoms with Crippen molar-refractivity contribution in [2.45, 2.75) is 25.8 Å². The summed E-state index contributed by atoms with van der Waals surface area (Å²) in [7, 11) is 1.73. The lowest BCUT2D eigenvalue weighted by molar-refractivity contribution is 0.416. The third-order valence-electron chi connectivity index (χ3n) is 4.09. The van der Waals surface area contributed by atoms with E-state index >= 15 is 0 Å². The van der Waals surface area contributed by atoms with Gasteiger partial charge in [-0.25, -0.2) is 0 Å². The SMILES string of the molecule is CCNC1CCc2cc(-c3ccccc3OC)ccc21. The van der Waals surface area contributed by atoms with Crippen molar-refractivity contribution >= 4 is 0 Å². The number of aryl methyl sites for hydroxylation is 1. The van der Waals surface area contributed by atoms with Crippen LogP contribution in [-0.2, 0) is 6.42 Å². The zero-order valence-electron chi connectivity index (χ0n) is 12.1. The van der Waals surface area contributed by atoms with Crippen LogP contribution in [0, 0.1) is 0 Å². The Morgan fingerprint density at radius 2 is 2.05 bits per heavy atom. The predicted molar refractivity (Wildman–Crippen MR) is 83.2 cm³/mol. The quantitative estimate of drug-likeness (QED) is 0.905. The van der Waals surface area contributed by atoms with E-state index in [-0.39, 0.29) is 0 Å². The predicted octanol–water partition coefficient (Wildman–Crippen LogP) is 3.96. The van der Waals surface area contributed by atoms with Gasteiger partial charge in [-0.2, -0.15) is 0 Å². The molecule has 2 nitrogen and oxygen atoms in total. The van der Waals surface area contributed by atoms with E-state index in [2.05, 4.69) is 42.6 Å². The van der Waals surface area contributed by atoms with Gasteiger partial charge in [0.15, 0.2) is 0 Å². The van der Waals surface area contributed by atoms with E-state index in [1.54, 1.807) is 7.11 Å². The molecule has 0 radical (unpaired) electrons. The lowest BCUT2D eigenvalue weighted by Crippen LogP contribution is -2.18. The molecule has 0 heterocycles. The molecule has 0 bridgehead atoms. The summed E-state index contributed by atoms with van der Waals surface area (Å²) in [4.78, 5) is 0. The van der Waals surface area contributed by atoms with E-state index < -0.39 is 0 Å². The minimum atomic E-state index is 0.529. The molecule has 1 unspecified atom stereocenters. The Labute approximate surface area is 120 Å². The molecule has 0 amide bonds. The Morgan fingerprint density at radius 1 is 1.20 bits per heavy atom. The first kappa shape index (κ1) is 13.2. The number of fused-ring (bicyclic) bond motifs is 1. The molecule has 20 heavy (non-hydrogen) atoms. The molecule has 1 aliphatic rings. The van der Waals surface area contributed by atoms with E-state index in [1.165, 1.54) is 28.7 Å². The minimum absolute atomic E-state index is 0.529. The monoisotopic (exact) mass is 267 g/mol. The van der Waals surface area contributed by atoms with Crippen LogP contribution in [0.4, 0.5) is 0 Å². The molecule has 0 spiro atoms. The van der Waals surface area contributed by atoms with Gasteiger partial charge in [0, 0.05) is 11.6 Å². The van der Waals surface area contributed by atoms with Crippen molar-refractivity contribution in [3.05, 3.63) is 53.6 Å². The summed E-state index contributed by atoms with van der Waals surface area (Å²) in [6, 6.07) is 15.6. The Bertz CT molecular complexity index is 606. The minimum Gasteiger partial charge on any atom is -0.496 e. The zero-order valence-corrected chi connectivity index (χ0v) is 12.1. The Hall–Kier alpha value is -1.80. The van der Waals surface area contributed by atoms with Crippen LogP contribution >= 0.6 is 0 Å². The van der Waals surface area contributed by atoms with Crippen molar-refractivity contribution in [3.8, 4) is 16.9 Å². The highest BCUT2D eigenvalue weighted by atomic mass is 16.5. The summed E-state index contributed by atoms with van der Waals surface area (Å²) in [6.07, 6.45) is 2.37. The summed E-state index contributed by atoms with van der Waals surface area (Å²) in [5, 5.41) is 3.56. The summed E-state index contributed by atoms with van der Waals surface area (Å²) < 4.78 is 5.47. The largest absolute Gasteiger partial charge is 0.496 e. The highest BCUT2D eigenvalue weighted by Crippen LogP contribution is 2.36. The van der Waals surface area contributed by atoms with E-state index in [0.29, 0.717) is 6.04 Å². The number of hydrogen-bond donors (Lipinski definition) is 1. The summed E-state index contributed by atoms with van der Waals surface area (Å²) in [6.45, 7) is 3.19. The second kappa shape index (κ2) is 5.68. The van der Waals surface area contributed by atoms with Crippen LogP contribution in [0.1, 0.15) is 30.5 Å². The molecule has 0 aromatic heterocycles. The number of para-hydroxylation sites is 1. The van der Waals surface area contributed by atoms with Crippen molar-refractivity contribution in [1.29, 1.82) is 0 Å². The topological polar surface area (TPSA) is 21.3 Å². The number of methoxy groups -OCH3 is 1. The third kappa shape index (κ3) is 2.32. The van der Waals surface area contributed by atoms with Crippen LogP contribution in [0.2, 0.25) is 0 Å². The third-order valence-corrected chi connectivity index (χ3v) is 4.09. The van der Waals surface area contributed by atoms with E-state index in [4.69, 9.17) is 4.74 Å². The average Bonchev–Trinajstić information content (AvgIpc) is 2.90. The second-order valence-electron chi connectivity index (χ2n) is 5.26. The van der Waals surface area contributed by atoms with Gasteiger partial charge in [0.25, 0.3) is 0 Å². The Kier molecular flexibility index (Phi) is 3.75. The summed E-state index contributed by atoms with van der Waals surface area (Å²) in [5.74, 6) is 0.939. The van der Waals surface area contributed by atoms with Crippen LogP contribution in [0.25, 0.3) is 11.1 Å². The van der Waals surface area contributed by atoms with Gasteiger partial charge in [-0.1, -0.05) is 43.3 Å². The summed E-state index contributed by atoms with van der Waals surface area (Å²) >= 11 is 0. The molecule has 1 N–H and O–H groups in total. The molecule has 0 saturated carbocycles. The molecule has 2 heteroatoms. The molecule has 2 aromatic rings. The van der Waals surface area contributed by atoms with E-state index in [0.717, 1.165) is 18.7 Å². The Morgan fingerprint density at radius 3 is 2.85 bits per heavy atom. The summed E-state index contributed by atoms with van der Waals surface area (Å²) in [5.41, 5.74) is 5.35. The van der Waals surface area contributed by atoms with Crippen molar-refractivity contribution in [1.82, 2.24) is 5.32 Å². The molecule has 1 aliphatic carbocycles. The standard InChI is InChI=1S/C18H21NO/c1-3-19-17-11-9-13-12-14(8-10-15(13)17)16-6-4-5-7-18(16)20-2/h4-8,10,12,17,19H,3,9,11H2,1-2H3. The van der Waals surface area contributed by atoms with Gasteiger partial charge in [-0.15, -0.1) is 0 Å². The van der Waals surface area contributed by atoms with Gasteiger partial charge in [-0.3, -0.25) is 0 Å². The first-order valence-corrected chi connectivity index (χ1v) is 7.33. The van der Waals surface area contributed by atoms with Crippen LogP contribution < -0.4 is 10.1 Å². The van der Waals surface area contributed by atoms with Crippen LogP contribution in [-0.4, -0.2) is 13.7 Å². The maximum absolute atomic E-state index is 5.47. The van der Waals surface area contributed by atoms with E-state index in [9.17, 15) is 0 Å². The highest BCUT2D eigenvalue weighted by molar-refractivity contribution is 5.71. The van der Waals surface area contributed by atoms with Gasteiger partial charge in [0.1, 0.15) is 5.75 Å². The number of benzene rings is 2. The fourth-order valence-corrected chi connectivity index (χ4v) is 3.13. The normalized spacial score (nSPS) is 17.0. The zero-order chi connectivity index (χ0) is 13.9. The molecule has 0 fully saturated rings. The molecule has 104 valence electrons. The maximum Gasteiger partial charge on any atom is 0.126 e. The first-order valence-electron chi connectivity index (χ1n) is 7.33. The fourth-order valence-electron chi connectivity index (χ4n) is 3.13. The van der Waals surface area contributed by atoms with Crippen LogP contribution in [0.15, 0.2) is 42.5 Å². The number of nitrogens with one attached hydrogen (secondary N) is 1. The van der Waals surface area contributed by atoms with Crippen molar-refractivity contribution in [2.75, 3.05) is 13.7 Å². The van der Waals surface area contributed by atoms with Crippen molar-refractivity contribution in [3.63, 3.8) is 0 Å². The lowest BCUT2D eigenvalue weighted by Gasteiger charge is -2.13. The molecule has 1 atom stereocenters. The lowest BCUT2D eigenvalue weighted by atomic mass is 9.99. The molecular formula is C18H21NO. The van der Waals surface area contributed by atoms with Crippen molar-refractivity contribution < 1.29 is 4.74 Å². The molecule has 0 saturated heterocycles. The molecule has 2 aromatic carbocycles. The average molecular weight is 267 g/mol. The van der Waals surface area contributed by atoms with Gasteiger partial charge in [0.2, 0.25) is 0 Å². The Balaban J connectivity index is 1.98. The number of rotatable bonds is 4. The van der Waals surface area contributed by atoms with Gasteiger partial charge >= 0.3 is 0 Å². The fraction of sp³-hybridized carbons (Fsp3) is 0.333. The second-order valence-corrected chi connectivity index (χ2v) is 5.26. The first-order chi connectivity index (χ1) is 9.83. The maximum atomic E-state index is 5.47. The molecular weight excluding hydrogens is 246 g/mol. The van der Waals surface area contributed by atoms with Crippen LogP contribution in [0.3, 0.4) is 0 Å². The van der Waals surface area contributed by atoms with Gasteiger partial charge < -0.3 is 10.1 Å². The van der Waals surface area contributed by atoms with Gasteiger partial charge in [0.05, 0.1) is 7.11 Å². The highest BCUT2D eigenvalue weighted by Gasteiger charge is 2.22. The number of hydrogen-bond acceptors (Lipinski definition) is 2. The number of ether oxygens (including phenoxy) is 1. The van der Waals surface area contributed by atoms with Gasteiger partial charge in [-0.05, 0) is 42.1 Å². The smallest absolute Gasteiger partial charge is 0.126 e. The molecule has 0 aliphatic heterocycles. The van der Waals surface area contributed by atoms with E-state index in [1.807, 2.05) is 12.1 Å². The molecule has 3 rings (SSSR count).